The molecule has 0 radical (unpaired) electrons. The predicted octanol–water partition coefficient (Wildman–Crippen LogP) is 7.47. The topological polar surface area (TPSA) is 55.8 Å². The number of hydrogen-bond acceptors (Lipinski definition) is 5. The number of carbonyl (C=O) groups excluding carboxylic acids is 2. The largest absolute Gasteiger partial charge is 0.493 e. The summed E-state index contributed by atoms with van der Waals surface area (Å²) in [6, 6.07) is 17.5. The smallest absolute Gasteiger partial charge is 0.293 e. The Labute approximate surface area is 216 Å². The molecule has 4 rings (SSSR count). The van der Waals surface area contributed by atoms with E-state index in [1.165, 1.54) is 12.0 Å². The van der Waals surface area contributed by atoms with Crippen LogP contribution in [0, 0.1) is 0 Å². The summed E-state index contributed by atoms with van der Waals surface area (Å²) in [5.41, 5.74) is 2.26. The van der Waals surface area contributed by atoms with E-state index in [1.54, 1.807) is 60.7 Å². The number of hydrogen-bond donors (Lipinski definition) is 0. The summed E-state index contributed by atoms with van der Waals surface area (Å²) in [6.45, 7) is 0.389. The van der Waals surface area contributed by atoms with Gasteiger partial charge in [0.1, 0.15) is 6.61 Å². The molecule has 1 heterocycles. The van der Waals surface area contributed by atoms with Crippen molar-refractivity contribution in [2.45, 2.75) is 13.2 Å². The highest BCUT2D eigenvalue weighted by Gasteiger charge is 2.35. The average molecular weight is 535 g/mol. The van der Waals surface area contributed by atoms with Crippen LogP contribution in [0.2, 0.25) is 15.1 Å². The molecule has 1 fully saturated rings. The van der Waals surface area contributed by atoms with Crippen LogP contribution in [-0.2, 0) is 17.9 Å². The quantitative estimate of drug-likeness (QED) is 0.294. The van der Waals surface area contributed by atoms with Crippen molar-refractivity contribution in [3.63, 3.8) is 0 Å². The highest BCUT2D eigenvalue weighted by atomic mass is 35.5. The minimum absolute atomic E-state index is 0.159. The van der Waals surface area contributed by atoms with Crippen LogP contribution in [0.25, 0.3) is 6.08 Å². The number of thioether (sulfide) groups is 1. The molecule has 1 saturated heterocycles. The number of carbonyl (C=O) groups is 2. The molecule has 1 aliphatic heterocycles. The lowest BCUT2D eigenvalue weighted by Crippen LogP contribution is -2.27. The molecular formula is C25H18Cl3NO4S. The minimum Gasteiger partial charge on any atom is -0.493 e. The SMILES string of the molecule is COc1cc(/C=C2\SC(=O)N(Cc3cccc(Cl)c3)C2=O)ccc1OCc1ccc(Cl)cc1Cl. The van der Waals surface area contributed by atoms with Gasteiger partial charge in [0.2, 0.25) is 0 Å². The van der Waals surface area contributed by atoms with Crippen LogP contribution < -0.4 is 9.47 Å². The number of ether oxygens (including phenoxy) is 2. The average Bonchev–Trinajstić information content (AvgIpc) is 3.06. The summed E-state index contributed by atoms with van der Waals surface area (Å²) in [4.78, 5) is 26.8. The van der Waals surface area contributed by atoms with Crippen LogP contribution >= 0.6 is 46.6 Å². The Morgan fingerprint density at radius 3 is 2.47 bits per heavy atom. The lowest BCUT2D eigenvalue weighted by molar-refractivity contribution is -0.123. The minimum atomic E-state index is -0.355. The molecule has 0 bridgehead atoms. The molecule has 0 saturated carbocycles. The van der Waals surface area contributed by atoms with Crippen LogP contribution in [-0.4, -0.2) is 23.2 Å². The van der Waals surface area contributed by atoms with Gasteiger partial charge in [-0.05, 0) is 65.4 Å². The zero-order valence-electron chi connectivity index (χ0n) is 17.9. The maximum Gasteiger partial charge on any atom is 0.293 e. The van der Waals surface area contributed by atoms with Crippen molar-refractivity contribution in [1.82, 2.24) is 4.90 Å². The number of halogens is 3. The van der Waals surface area contributed by atoms with E-state index in [0.717, 1.165) is 22.9 Å². The fraction of sp³-hybridized carbons (Fsp3) is 0.120. The number of amides is 2. The first-order valence-electron chi connectivity index (χ1n) is 10.1. The molecular weight excluding hydrogens is 517 g/mol. The Morgan fingerprint density at radius 1 is 0.941 bits per heavy atom. The van der Waals surface area contributed by atoms with Crippen molar-refractivity contribution in [1.29, 1.82) is 0 Å². The number of benzene rings is 3. The van der Waals surface area contributed by atoms with Gasteiger partial charge in [-0.3, -0.25) is 14.5 Å². The molecule has 5 nitrogen and oxygen atoms in total. The van der Waals surface area contributed by atoms with Gasteiger partial charge in [-0.25, -0.2) is 0 Å². The van der Waals surface area contributed by atoms with E-state index in [2.05, 4.69) is 0 Å². The standard InChI is InChI=1S/C25H18Cl3NO4S/c1-32-22-10-15(5-8-21(22)33-14-17-6-7-19(27)12-20(17)28)11-23-24(30)29(25(31)34-23)13-16-3-2-4-18(26)9-16/h2-12H,13-14H2,1H3/b23-11-. The Bertz CT molecular complexity index is 1290. The third kappa shape index (κ3) is 5.70. The molecule has 9 heteroatoms. The molecule has 0 atom stereocenters. The van der Waals surface area contributed by atoms with Crippen LogP contribution in [0.1, 0.15) is 16.7 Å². The maximum absolute atomic E-state index is 12.9. The lowest BCUT2D eigenvalue weighted by atomic mass is 10.1. The summed E-state index contributed by atoms with van der Waals surface area (Å²) in [7, 11) is 1.53. The second-order valence-corrected chi connectivity index (χ2v) is 9.61. The van der Waals surface area contributed by atoms with Gasteiger partial charge in [-0.2, -0.15) is 0 Å². The molecule has 0 unspecified atom stereocenters. The van der Waals surface area contributed by atoms with Gasteiger partial charge in [0.05, 0.1) is 18.6 Å². The van der Waals surface area contributed by atoms with Crippen LogP contribution in [0.5, 0.6) is 11.5 Å². The first-order valence-corrected chi connectivity index (χ1v) is 12.0. The molecule has 3 aromatic carbocycles. The zero-order chi connectivity index (χ0) is 24.2. The summed E-state index contributed by atoms with van der Waals surface area (Å²) in [5, 5.41) is 1.28. The van der Waals surface area contributed by atoms with Crippen molar-refractivity contribution in [3.05, 3.63) is 97.3 Å². The third-order valence-electron chi connectivity index (χ3n) is 4.99. The van der Waals surface area contributed by atoms with Crippen molar-refractivity contribution in [3.8, 4) is 11.5 Å². The second kappa shape index (κ2) is 10.7. The fourth-order valence-corrected chi connectivity index (χ4v) is 4.81. The predicted molar refractivity (Wildman–Crippen MR) is 137 cm³/mol. The van der Waals surface area contributed by atoms with Gasteiger partial charge in [0.25, 0.3) is 11.1 Å². The van der Waals surface area contributed by atoms with Crippen molar-refractivity contribution >= 4 is 63.8 Å². The third-order valence-corrected chi connectivity index (χ3v) is 6.72. The zero-order valence-corrected chi connectivity index (χ0v) is 21.0. The Balaban J connectivity index is 1.49. The second-order valence-electron chi connectivity index (χ2n) is 7.33. The van der Waals surface area contributed by atoms with Gasteiger partial charge < -0.3 is 9.47 Å². The summed E-state index contributed by atoms with van der Waals surface area (Å²) in [6.07, 6.45) is 1.66. The van der Waals surface area contributed by atoms with E-state index in [4.69, 9.17) is 44.3 Å². The summed E-state index contributed by atoms with van der Waals surface area (Å²) >= 11 is 19.1. The number of rotatable bonds is 7. The van der Waals surface area contributed by atoms with E-state index in [9.17, 15) is 9.59 Å². The normalized spacial score (nSPS) is 14.7. The molecule has 34 heavy (non-hydrogen) atoms. The lowest BCUT2D eigenvalue weighted by Gasteiger charge is -2.13. The molecule has 2 amide bonds. The highest BCUT2D eigenvalue weighted by molar-refractivity contribution is 8.18. The van der Waals surface area contributed by atoms with Gasteiger partial charge in [0, 0.05) is 20.6 Å². The van der Waals surface area contributed by atoms with Crippen molar-refractivity contribution in [2.75, 3.05) is 7.11 Å². The monoisotopic (exact) mass is 533 g/mol. The van der Waals surface area contributed by atoms with Gasteiger partial charge >= 0.3 is 0 Å². The first kappa shape index (κ1) is 24.5. The first-order chi connectivity index (χ1) is 16.3. The van der Waals surface area contributed by atoms with E-state index in [0.29, 0.717) is 37.0 Å². The highest BCUT2D eigenvalue weighted by Crippen LogP contribution is 2.36. The fourth-order valence-electron chi connectivity index (χ4n) is 3.29. The summed E-state index contributed by atoms with van der Waals surface area (Å²) < 4.78 is 11.3. The molecule has 0 spiro atoms. The summed E-state index contributed by atoms with van der Waals surface area (Å²) in [5.74, 6) is 0.642. The number of methoxy groups -OCH3 is 1. The van der Waals surface area contributed by atoms with Crippen molar-refractivity contribution < 1.29 is 19.1 Å². The van der Waals surface area contributed by atoms with Crippen LogP contribution in [0.4, 0.5) is 4.79 Å². The number of imide groups is 1. The van der Waals surface area contributed by atoms with Gasteiger partial charge in [-0.1, -0.05) is 59.1 Å². The van der Waals surface area contributed by atoms with E-state index in [-0.39, 0.29) is 24.3 Å². The number of nitrogens with zero attached hydrogens (tertiary/aromatic N) is 1. The van der Waals surface area contributed by atoms with Gasteiger partial charge in [0.15, 0.2) is 11.5 Å². The van der Waals surface area contributed by atoms with Crippen LogP contribution in [0.3, 0.4) is 0 Å². The Kier molecular flexibility index (Phi) is 7.73. The Hall–Kier alpha value is -2.64. The van der Waals surface area contributed by atoms with Crippen molar-refractivity contribution in [2.24, 2.45) is 0 Å². The Morgan fingerprint density at radius 2 is 1.74 bits per heavy atom. The molecule has 3 aromatic rings. The van der Waals surface area contributed by atoms with Gasteiger partial charge in [-0.15, -0.1) is 0 Å². The molecule has 174 valence electrons. The van der Waals surface area contributed by atoms with E-state index in [1.807, 2.05) is 6.07 Å². The molecule has 0 N–H and O–H groups in total. The van der Waals surface area contributed by atoms with E-state index < -0.39 is 0 Å². The maximum atomic E-state index is 12.9. The van der Waals surface area contributed by atoms with Crippen LogP contribution in [0.15, 0.2) is 65.6 Å². The molecule has 1 aliphatic rings. The molecule has 0 aliphatic carbocycles. The molecule has 0 aromatic heterocycles. The van der Waals surface area contributed by atoms with E-state index >= 15 is 0 Å².